The molecule has 0 aliphatic heterocycles. The molecule has 0 heterocycles. The summed E-state index contributed by atoms with van der Waals surface area (Å²) >= 11 is 0. The Morgan fingerprint density at radius 2 is 2.07 bits per heavy atom. The zero-order chi connectivity index (χ0) is 11.5. The summed E-state index contributed by atoms with van der Waals surface area (Å²) in [6.07, 6.45) is 4.20. The maximum Gasteiger partial charge on any atom is 0.216 e. The first-order valence-corrected chi connectivity index (χ1v) is 7.15. The Balaban J connectivity index is 2.62. The van der Waals surface area contributed by atoms with Gasteiger partial charge in [0.05, 0.1) is 12.4 Å². The van der Waals surface area contributed by atoms with Gasteiger partial charge in [0.15, 0.2) is 0 Å². The highest BCUT2D eigenvalue weighted by Crippen LogP contribution is 2.27. The molecule has 90 valence electrons. The van der Waals surface area contributed by atoms with E-state index < -0.39 is 10.0 Å². The normalized spacial score (nSPS) is 28.3. The third-order valence-corrected chi connectivity index (χ3v) is 5.09. The zero-order valence-corrected chi connectivity index (χ0v) is 10.3. The lowest BCUT2D eigenvalue weighted by Crippen LogP contribution is -2.41. The predicted octanol–water partition coefficient (Wildman–Crippen LogP) is 0.819. The number of aliphatic hydroxyl groups is 1. The molecular formula is C10H21NO3S. The molecule has 1 N–H and O–H groups in total. The highest BCUT2D eigenvalue weighted by atomic mass is 32.2. The van der Waals surface area contributed by atoms with Crippen LogP contribution in [-0.2, 0) is 10.0 Å². The second-order valence-electron chi connectivity index (χ2n) is 4.48. The second kappa shape index (κ2) is 5.27. The predicted molar refractivity (Wildman–Crippen MR) is 60.1 cm³/mol. The molecule has 15 heavy (non-hydrogen) atoms. The number of nitrogens with zero attached hydrogens (tertiary/aromatic N) is 1. The molecule has 0 amide bonds. The molecule has 1 saturated carbocycles. The number of hydrogen-bond acceptors (Lipinski definition) is 3. The molecule has 1 rings (SSSR count). The monoisotopic (exact) mass is 235 g/mol. The Morgan fingerprint density at radius 3 is 2.60 bits per heavy atom. The largest absolute Gasteiger partial charge is 0.395 e. The van der Waals surface area contributed by atoms with Crippen LogP contribution in [0.25, 0.3) is 0 Å². The van der Waals surface area contributed by atoms with E-state index in [9.17, 15) is 8.42 Å². The van der Waals surface area contributed by atoms with Crippen molar-refractivity contribution in [1.82, 2.24) is 4.31 Å². The summed E-state index contributed by atoms with van der Waals surface area (Å²) in [4.78, 5) is 0. The first kappa shape index (κ1) is 12.9. The van der Waals surface area contributed by atoms with Gasteiger partial charge in [-0.25, -0.2) is 12.7 Å². The van der Waals surface area contributed by atoms with Crippen LogP contribution in [0.2, 0.25) is 0 Å². The summed E-state index contributed by atoms with van der Waals surface area (Å²) in [5.41, 5.74) is 0. The van der Waals surface area contributed by atoms with Crippen molar-refractivity contribution in [3.05, 3.63) is 0 Å². The van der Waals surface area contributed by atoms with Gasteiger partial charge < -0.3 is 5.11 Å². The Labute approximate surface area is 92.3 Å². The van der Waals surface area contributed by atoms with Gasteiger partial charge in [0.25, 0.3) is 0 Å². The topological polar surface area (TPSA) is 57.6 Å². The van der Waals surface area contributed by atoms with Crippen LogP contribution in [0.1, 0.15) is 32.6 Å². The summed E-state index contributed by atoms with van der Waals surface area (Å²) < 4.78 is 24.9. The lowest BCUT2D eigenvalue weighted by atomic mass is 9.87. The standard InChI is InChI=1S/C10H21NO3S/c1-9-4-3-5-10(8-9)11(2)15(13,14)7-6-12/h9-10,12H,3-8H2,1-2H3. The Bertz CT molecular complexity index is 289. The van der Waals surface area contributed by atoms with E-state index in [0.29, 0.717) is 5.92 Å². The third kappa shape index (κ3) is 3.43. The highest BCUT2D eigenvalue weighted by Gasteiger charge is 2.29. The van der Waals surface area contributed by atoms with Crippen LogP contribution in [0.15, 0.2) is 0 Å². The Hall–Kier alpha value is -0.130. The van der Waals surface area contributed by atoms with Crippen LogP contribution in [0, 0.1) is 5.92 Å². The average molecular weight is 235 g/mol. The lowest BCUT2D eigenvalue weighted by Gasteiger charge is -2.33. The van der Waals surface area contributed by atoms with E-state index in [0.717, 1.165) is 19.3 Å². The molecule has 2 unspecified atom stereocenters. The van der Waals surface area contributed by atoms with E-state index in [1.54, 1.807) is 7.05 Å². The third-order valence-electron chi connectivity index (χ3n) is 3.21. The minimum Gasteiger partial charge on any atom is -0.395 e. The van der Waals surface area contributed by atoms with Crippen molar-refractivity contribution in [3.8, 4) is 0 Å². The van der Waals surface area contributed by atoms with Gasteiger partial charge in [-0.05, 0) is 18.8 Å². The van der Waals surface area contributed by atoms with Gasteiger partial charge in [0, 0.05) is 13.1 Å². The Kier molecular flexibility index (Phi) is 4.55. The minimum absolute atomic E-state index is 0.130. The molecule has 0 bridgehead atoms. The maximum absolute atomic E-state index is 11.7. The van der Waals surface area contributed by atoms with Crippen molar-refractivity contribution in [1.29, 1.82) is 0 Å². The number of sulfonamides is 1. The van der Waals surface area contributed by atoms with Gasteiger partial charge in [-0.1, -0.05) is 19.8 Å². The second-order valence-corrected chi connectivity index (χ2v) is 6.63. The van der Waals surface area contributed by atoms with Crippen molar-refractivity contribution in [3.63, 3.8) is 0 Å². The van der Waals surface area contributed by atoms with Crippen LogP contribution in [0.3, 0.4) is 0 Å². The quantitative estimate of drug-likeness (QED) is 0.785. The fourth-order valence-electron chi connectivity index (χ4n) is 2.22. The first-order valence-electron chi connectivity index (χ1n) is 5.54. The van der Waals surface area contributed by atoms with E-state index in [4.69, 9.17) is 5.11 Å². The SMILES string of the molecule is CC1CCCC(N(C)S(=O)(=O)CCO)C1. The summed E-state index contributed by atoms with van der Waals surface area (Å²) in [5, 5.41) is 8.70. The summed E-state index contributed by atoms with van der Waals surface area (Å²) in [6.45, 7) is 1.87. The van der Waals surface area contributed by atoms with E-state index in [1.165, 1.54) is 10.7 Å². The first-order chi connectivity index (χ1) is 6.97. The molecule has 4 nitrogen and oxygen atoms in total. The van der Waals surface area contributed by atoms with Gasteiger partial charge in [-0.15, -0.1) is 0 Å². The number of hydrogen-bond donors (Lipinski definition) is 1. The maximum atomic E-state index is 11.7. The Morgan fingerprint density at radius 1 is 1.40 bits per heavy atom. The fraction of sp³-hybridized carbons (Fsp3) is 1.00. The smallest absolute Gasteiger partial charge is 0.216 e. The van der Waals surface area contributed by atoms with Gasteiger partial charge in [-0.2, -0.15) is 0 Å². The molecule has 0 saturated heterocycles. The molecule has 1 aliphatic carbocycles. The molecule has 5 heteroatoms. The molecule has 2 atom stereocenters. The van der Waals surface area contributed by atoms with E-state index in [-0.39, 0.29) is 18.4 Å². The zero-order valence-electron chi connectivity index (χ0n) is 9.52. The molecular weight excluding hydrogens is 214 g/mol. The van der Waals surface area contributed by atoms with Gasteiger partial charge in [0.1, 0.15) is 0 Å². The lowest BCUT2D eigenvalue weighted by molar-refractivity contribution is 0.236. The van der Waals surface area contributed by atoms with Crippen molar-refractivity contribution < 1.29 is 13.5 Å². The molecule has 0 aromatic carbocycles. The minimum atomic E-state index is -3.25. The van der Waals surface area contributed by atoms with Gasteiger partial charge in [0.2, 0.25) is 10.0 Å². The van der Waals surface area contributed by atoms with Crippen LogP contribution in [0.5, 0.6) is 0 Å². The van der Waals surface area contributed by atoms with Gasteiger partial charge in [-0.3, -0.25) is 0 Å². The van der Waals surface area contributed by atoms with Crippen LogP contribution < -0.4 is 0 Å². The average Bonchev–Trinajstić information content (AvgIpc) is 2.16. The molecule has 1 fully saturated rings. The van der Waals surface area contributed by atoms with Crippen molar-refractivity contribution >= 4 is 10.0 Å². The molecule has 1 aliphatic rings. The summed E-state index contributed by atoms with van der Waals surface area (Å²) in [7, 11) is -1.62. The van der Waals surface area contributed by atoms with Gasteiger partial charge >= 0.3 is 0 Å². The molecule has 0 spiro atoms. The molecule has 0 aromatic heterocycles. The fourth-order valence-corrected chi connectivity index (χ4v) is 3.38. The van der Waals surface area contributed by atoms with Crippen molar-refractivity contribution in [2.24, 2.45) is 5.92 Å². The van der Waals surface area contributed by atoms with E-state index in [1.807, 2.05) is 0 Å². The number of aliphatic hydroxyl groups excluding tert-OH is 1. The van der Waals surface area contributed by atoms with E-state index >= 15 is 0 Å². The molecule has 0 aromatic rings. The van der Waals surface area contributed by atoms with Crippen LogP contribution >= 0.6 is 0 Å². The van der Waals surface area contributed by atoms with Crippen molar-refractivity contribution in [2.75, 3.05) is 19.4 Å². The summed E-state index contributed by atoms with van der Waals surface area (Å²) in [6, 6.07) is 0.130. The van der Waals surface area contributed by atoms with Crippen LogP contribution in [-0.4, -0.2) is 43.3 Å². The highest BCUT2D eigenvalue weighted by molar-refractivity contribution is 7.89. The molecule has 0 radical (unpaired) electrons. The van der Waals surface area contributed by atoms with Crippen molar-refractivity contribution in [2.45, 2.75) is 38.6 Å². The van der Waals surface area contributed by atoms with E-state index in [2.05, 4.69) is 6.92 Å². The van der Waals surface area contributed by atoms with Crippen LogP contribution in [0.4, 0.5) is 0 Å². The summed E-state index contributed by atoms with van der Waals surface area (Å²) in [5.74, 6) is 0.449. The number of rotatable bonds is 4.